The summed E-state index contributed by atoms with van der Waals surface area (Å²) in [6.07, 6.45) is 7.48. The van der Waals surface area contributed by atoms with Crippen molar-refractivity contribution < 1.29 is 0 Å². The van der Waals surface area contributed by atoms with E-state index in [4.69, 9.17) is 5.73 Å². The molecule has 90 valence electrons. The van der Waals surface area contributed by atoms with Gasteiger partial charge in [0, 0.05) is 6.54 Å². The highest BCUT2D eigenvalue weighted by atomic mass is 14.5. The topological polar surface area (TPSA) is 26.0 Å². The molecule has 0 heterocycles. The van der Waals surface area contributed by atoms with Gasteiger partial charge in [-0.05, 0) is 42.4 Å². The Balaban J connectivity index is 2.74. The third kappa shape index (κ3) is 4.36. The van der Waals surface area contributed by atoms with Gasteiger partial charge in [0.25, 0.3) is 0 Å². The van der Waals surface area contributed by atoms with E-state index in [-0.39, 0.29) is 0 Å². The highest BCUT2D eigenvalue weighted by Crippen LogP contribution is 2.15. The second kappa shape index (κ2) is 7.45. The molecule has 0 saturated heterocycles. The lowest BCUT2D eigenvalue weighted by Crippen LogP contribution is -2.00. The molecular formula is C15H25N. The molecule has 0 atom stereocenters. The first-order chi connectivity index (χ1) is 7.80. The molecule has 0 radical (unpaired) electrons. The zero-order chi connectivity index (χ0) is 11.8. The van der Waals surface area contributed by atoms with Crippen LogP contribution in [0.25, 0.3) is 0 Å². The van der Waals surface area contributed by atoms with Crippen LogP contribution in [0.4, 0.5) is 0 Å². The Kier molecular flexibility index (Phi) is 6.17. The highest BCUT2D eigenvalue weighted by molar-refractivity contribution is 5.30. The van der Waals surface area contributed by atoms with Gasteiger partial charge in [0.15, 0.2) is 0 Å². The van der Waals surface area contributed by atoms with Gasteiger partial charge in [-0.2, -0.15) is 0 Å². The molecule has 0 amide bonds. The monoisotopic (exact) mass is 219 g/mol. The minimum atomic E-state index is 0.666. The minimum absolute atomic E-state index is 0.666. The highest BCUT2D eigenvalue weighted by Gasteiger charge is 2.00. The molecule has 1 rings (SSSR count). The summed E-state index contributed by atoms with van der Waals surface area (Å²) in [5, 5.41) is 0. The number of benzene rings is 1. The predicted molar refractivity (Wildman–Crippen MR) is 71.6 cm³/mol. The largest absolute Gasteiger partial charge is 0.326 e. The molecule has 0 saturated carbocycles. The van der Waals surface area contributed by atoms with Crippen molar-refractivity contribution in [2.45, 2.75) is 58.9 Å². The van der Waals surface area contributed by atoms with Crippen molar-refractivity contribution in [1.29, 1.82) is 0 Å². The van der Waals surface area contributed by atoms with E-state index in [0.717, 1.165) is 0 Å². The summed E-state index contributed by atoms with van der Waals surface area (Å²) >= 11 is 0. The fourth-order valence-electron chi connectivity index (χ4n) is 2.01. The fourth-order valence-corrected chi connectivity index (χ4v) is 2.01. The summed E-state index contributed by atoms with van der Waals surface area (Å²) in [6, 6.07) is 6.90. The summed E-state index contributed by atoms with van der Waals surface area (Å²) in [7, 11) is 0. The average molecular weight is 219 g/mol. The Morgan fingerprint density at radius 3 is 1.62 bits per heavy atom. The fraction of sp³-hybridized carbons (Fsp3) is 0.600. The molecule has 0 aliphatic heterocycles. The van der Waals surface area contributed by atoms with Crippen LogP contribution in [0.1, 0.15) is 56.2 Å². The molecule has 0 fully saturated rings. The van der Waals surface area contributed by atoms with Crippen LogP contribution in [-0.2, 0) is 19.4 Å². The normalized spacial score (nSPS) is 10.7. The van der Waals surface area contributed by atoms with Crippen molar-refractivity contribution in [2.24, 2.45) is 5.73 Å². The third-order valence-electron chi connectivity index (χ3n) is 2.99. The molecule has 0 aromatic heterocycles. The van der Waals surface area contributed by atoms with Gasteiger partial charge in [-0.3, -0.25) is 0 Å². The lowest BCUT2D eigenvalue weighted by molar-refractivity contribution is 0.778. The van der Waals surface area contributed by atoms with Crippen LogP contribution in [0, 0.1) is 0 Å². The molecule has 1 aromatic carbocycles. The van der Waals surface area contributed by atoms with Crippen molar-refractivity contribution in [2.75, 3.05) is 0 Å². The Bertz CT molecular complexity index is 278. The van der Waals surface area contributed by atoms with E-state index in [1.807, 2.05) is 0 Å². The maximum atomic E-state index is 5.74. The molecule has 16 heavy (non-hydrogen) atoms. The number of nitrogens with two attached hydrogens (primary N) is 1. The Hall–Kier alpha value is -0.820. The number of rotatable bonds is 7. The maximum Gasteiger partial charge on any atom is 0.0178 e. The molecule has 0 aliphatic rings. The van der Waals surface area contributed by atoms with Crippen LogP contribution in [-0.4, -0.2) is 0 Å². The Morgan fingerprint density at radius 2 is 1.25 bits per heavy atom. The third-order valence-corrected chi connectivity index (χ3v) is 2.99. The SMILES string of the molecule is CCCCc1cc(CN)cc(CCCC)c1. The van der Waals surface area contributed by atoms with E-state index in [0.29, 0.717) is 6.54 Å². The van der Waals surface area contributed by atoms with Crippen molar-refractivity contribution in [1.82, 2.24) is 0 Å². The van der Waals surface area contributed by atoms with Crippen LogP contribution in [0.15, 0.2) is 18.2 Å². The molecule has 0 bridgehead atoms. The first-order valence-corrected chi connectivity index (χ1v) is 6.62. The van der Waals surface area contributed by atoms with Gasteiger partial charge in [-0.1, -0.05) is 44.9 Å². The van der Waals surface area contributed by atoms with Crippen molar-refractivity contribution >= 4 is 0 Å². The Morgan fingerprint density at radius 1 is 0.812 bits per heavy atom. The molecule has 1 aromatic rings. The number of unbranched alkanes of at least 4 members (excludes halogenated alkanes) is 2. The van der Waals surface area contributed by atoms with Crippen LogP contribution in [0.3, 0.4) is 0 Å². The number of hydrogen-bond donors (Lipinski definition) is 1. The lowest BCUT2D eigenvalue weighted by atomic mass is 9.99. The van der Waals surface area contributed by atoms with Crippen LogP contribution < -0.4 is 5.73 Å². The Labute approximate surface area is 100 Å². The smallest absolute Gasteiger partial charge is 0.0178 e. The van der Waals surface area contributed by atoms with Gasteiger partial charge >= 0.3 is 0 Å². The van der Waals surface area contributed by atoms with Gasteiger partial charge in [0.1, 0.15) is 0 Å². The lowest BCUT2D eigenvalue weighted by Gasteiger charge is -2.08. The van der Waals surface area contributed by atoms with Crippen molar-refractivity contribution in [3.63, 3.8) is 0 Å². The van der Waals surface area contributed by atoms with Gasteiger partial charge < -0.3 is 5.73 Å². The number of hydrogen-bond acceptors (Lipinski definition) is 1. The summed E-state index contributed by atoms with van der Waals surface area (Å²) in [6.45, 7) is 5.15. The molecule has 1 heteroatoms. The second-order valence-corrected chi connectivity index (χ2v) is 4.57. The first kappa shape index (κ1) is 13.2. The van der Waals surface area contributed by atoms with E-state index in [9.17, 15) is 0 Å². The summed E-state index contributed by atoms with van der Waals surface area (Å²) in [5.41, 5.74) is 9.97. The van der Waals surface area contributed by atoms with Gasteiger partial charge in [0.2, 0.25) is 0 Å². The van der Waals surface area contributed by atoms with Gasteiger partial charge in [-0.15, -0.1) is 0 Å². The molecule has 0 unspecified atom stereocenters. The summed E-state index contributed by atoms with van der Waals surface area (Å²) in [5.74, 6) is 0. The van der Waals surface area contributed by atoms with E-state index < -0.39 is 0 Å². The summed E-state index contributed by atoms with van der Waals surface area (Å²) in [4.78, 5) is 0. The van der Waals surface area contributed by atoms with Crippen molar-refractivity contribution in [3.8, 4) is 0 Å². The standard InChI is InChI=1S/C15H25N/c1-3-5-7-13-9-14(8-6-4-2)11-15(10-13)12-16/h9-11H,3-8,12,16H2,1-2H3. The quantitative estimate of drug-likeness (QED) is 0.741. The van der Waals surface area contributed by atoms with Crippen molar-refractivity contribution in [3.05, 3.63) is 34.9 Å². The van der Waals surface area contributed by atoms with Crippen LogP contribution in [0.5, 0.6) is 0 Å². The summed E-state index contributed by atoms with van der Waals surface area (Å²) < 4.78 is 0. The average Bonchev–Trinajstić information content (AvgIpc) is 2.33. The zero-order valence-electron chi connectivity index (χ0n) is 10.8. The molecular weight excluding hydrogens is 194 g/mol. The van der Waals surface area contributed by atoms with E-state index in [2.05, 4.69) is 32.0 Å². The zero-order valence-corrected chi connectivity index (χ0v) is 10.8. The molecule has 1 nitrogen and oxygen atoms in total. The van der Waals surface area contributed by atoms with Crippen LogP contribution in [0.2, 0.25) is 0 Å². The first-order valence-electron chi connectivity index (χ1n) is 6.62. The molecule has 0 spiro atoms. The minimum Gasteiger partial charge on any atom is -0.326 e. The van der Waals surface area contributed by atoms with E-state index in [1.165, 1.54) is 55.2 Å². The molecule has 0 aliphatic carbocycles. The van der Waals surface area contributed by atoms with Gasteiger partial charge in [-0.25, -0.2) is 0 Å². The van der Waals surface area contributed by atoms with E-state index in [1.54, 1.807) is 0 Å². The van der Waals surface area contributed by atoms with Crippen LogP contribution >= 0.6 is 0 Å². The second-order valence-electron chi connectivity index (χ2n) is 4.57. The maximum absolute atomic E-state index is 5.74. The van der Waals surface area contributed by atoms with E-state index >= 15 is 0 Å². The van der Waals surface area contributed by atoms with Gasteiger partial charge in [0.05, 0.1) is 0 Å². The predicted octanol–water partition coefficient (Wildman–Crippen LogP) is 3.83. The molecule has 2 N–H and O–H groups in total. The number of aryl methyl sites for hydroxylation is 2.